The summed E-state index contributed by atoms with van der Waals surface area (Å²) in [5, 5.41) is 6.44. The third-order valence-corrected chi connectivity index (χ3v) is 4.59. The van der Waals surface area contributed by atoms with Gasteiger partial charge in [-0.2, -0.15) is 0 Å². The Balaban J connectivity index is 1.51. The van der Waals surface area contributed by atoms with E-state index < -0.39 is 5.76 Å². The molecule has 4 rings (SSSR count). The number of nitrogens with one attached hydrogen (secondary N) is 2. The molecular weight excluding hydrogens is 386 g/mol. The van der Waals surface area contributed by atoms with E-state index in [4.69, 9.17) is 9.47 Å². The van der Waals surface area contributed by atoms with E-state index in [1.54, 1.807) is 30.3 Å². The molecule has 0 spiro atoms. The van der Waals surface area contributed by atoms with Crippen LogP contribution in [0.25, 0.3) is 17.5 Å². The molecule has 3 aromatic rings. The molecule has 0 aliphatic carbocycles. The molecule has 8 heteroatoms. The lowest BCUT2D eigenvalue weighted by molar-refractivity contribution is -0.111. The van der Waals surface area contributed by atoms with Gasteiger partial charge in [0.1, 0.15) is 17.6 Å². The van der Waals surface area contributed by atoms with Crippen molar-refractivity contribution in [1.29, 1.82) is 0 Å². The van der Waals surface area contributed by atoms with Crippen LogP contribution in [0.1, 0.15) is 25.0 Å². The monoisotopic (exact) mass is 407 g/mol. The normalized spacial score (nSPS) is 15.1. The second-order valence-corrected chi connectivity index (χ2v) is 6.91. The van der Waals surface area contributed by atoms with Crippen molar-refractivity contribution in [1.82, 2.24) is 10.1 Å². The number of amides is 1. The van der Waals surface area contributed by atoms with E-state index >= 15 is 0 Å². The van der Waals surface area contributed by atoms with Gasteiger partial charge in [-0.1, -0.05) is 17.3 Å². The first kappa shape index (κ1) is 19.5. The van der Waals surface area contributed by atoms with Gasteiger partial charge in [0.25, 0.3) is 0 Å². The Hall–Kier alpha value is -3.81. The van der Waals surface area contributed by atoms with Gasteiger partial charge in [0.2, 0.25) is 5.91 Å². The molecule has 2 N–H and O–H groups in total. The van der Waals surface area contributed by atoms with Crippen molar-refractivity contribution in [3.8, 4) is 22.9 Å². The summed E-state index contributed by atoms with van der Waals surface area (Å²) in [7, 11) is 0. The molecule has 8 nitrogen and oxygen atoms in total. The second-order valence-electron chi connectivity index (χ2n) is 6.91. The fourth-order valence-corrected chi connectivity index (χ4v) is 3.31. The highest BCUT2D eigenvalue weighted by atomic mass is 16.5. The number of carbonyl (C=O) groups is 1. The molecule has 0 saturated heterocycles. The van der Waals surface area contributed by atoms with E-state index in [2.05, 4.69) is 20.0 Å². The minimum absolute atomic E-state index is 0.129. The number of aromatic nitrogens is 2. The van der Waals surface area contributed by atoms with Crippen LogP contribution < -0.4 is 20.5 Å². The molecule has 1 aliphatic rings. The fraction of sp³-hybridized carbons (Fsp3) is 0.227. The van der Waals surface area contributed by atoms with E-state index in [1.807, 2.05) is 26.0 Å². The van der Waals surface area contributed by atoms with E-state index in [1.165, 1.54) is 6.08 Å². The van der Waals surface area contributed by atoms with Gasteiger partial charge in [0.15, 0.2) is 5.82 Å². The molecular formula is C22H21N3O5. The minimum atomic E-state index is -0.639. The zero-order valence-electron chi connectivity index (χ0n) is 16.6. The predicted molar refractivity (Wildman–Crippen MR) is 112 cm³/mol. The SMILES string of the molecule is CCOc1cc2c(cc1/C=C/C(=O)Nc1cccc(-c3noc(=O)[nH]3)c1)OC(C)C2. The first-order chi connectivity index (χ1) is 14.5. The molecule has 1 aliphatic heterocycles. The summed E-state index contributed by atoms with van der Waals surface area (Å²) in [5.41, 5.74) is 3.05. The van der Waals surface area contributed by atoms with E-state index in [0.717, 1.165) is 29.0 Å². The Kier molecular flexibility index (Phi) is 5.38. The van der Waals surface area contributed by atoms with Crippen LogP contribution in [0.4, 0.5) is 5.69 Å². The second kappa shape index (κ2) is 8.28. The summed E-state index contributed by atoms with van der Waals surface area (Å²) < 4.78 is 16.1. The topological polar surface area (TPSA) is 106 Å². The Bertz CT molecular complexity index is 1160. The average molecular weight is 407 g/mol. The number of ether oxygens (including phenoxy) is 2. The van der Waals surface area contributed by atoms with Crippen molar-refractivity contribution in [3.63, 3.8) is 0 Å². The standard InChI is InChI=1S/C22H21N3O5/c1-3-28-18-12-16-9-13(2)29-19(16)11-14(18)7-8-20(26)23-17-6-4-5-15(10-17)21-24-22(27)30-25-21/h4-8,10-13H,3,9H2,1-2H3,(H,23,26)(H,24,25,27)/b8-7+. The van der Waals surface area contributed by atoms with Crippen molar-refractivity contribution in [3.05, 3.63) is 64.2 Å². The van der Waals surface area contributed by atoms with Gasteiger partial charge in [0.05, 0.1) is 6.61 Å². The highest BCUT2D eigenvalue weighted by Gasteiger charge is 2.21. The van der Waals surface area contributed by atoms with Crippen molar-refractivity contribution in [2.45, 2.75) is 26.4 Å². The maximum Gasteiger partial charge on any atom is 0.439 e. The number of carbonyl (C=O) groups excluding carboxylic acids is 1. The zero-order chi connectivity index (χ0) is 21.1. The average Bonchev–Trinajstić information content (AvgIpc) is 3.31. The summed E-state index contributed by atoms with van der Waals surface area (Å²) >= 11 is 0. The van der Waals surface area contributed by atoms with Gasteiger partial charge in [-0.15, -0.1) is 0 Å². The molecule has 154 valence electrons. The molecule has 1 unspecified atom stereocenters. The van der Waals surface area contributed by atoms with Crippen LogP contribution in [0.3, 0.4) is 0 Å². The lowest BCUT2D eigenvalue weighted by Crippen LogP contribution is -2.08. The number of hydrogen-bond donors (Lipinski definition) is 2. The summed E-state index contributed by atoms with van der Waals surface area (Å²) in [5.74, 6) is 0.883. The van der Waals surface area contributed by atoms with Crippen LogP contribution >= 0.6 is 0 Å². The quantitative estimate of drug-likeness (QED) is 0.607. The van der Waals surface area contributed by atoms with Crippen LogP contribution in [0, 0.1) is 0 Å². The summed E-state index contributed by atoms with van der Waals surface area (Å²) in [4.78, 5) is 26.0. The predicted octanol–water partition coefficient (Wildman–Crippen LogP) is 3.40. The molecule has 1 amide bonds. The van der Waals surface area contributed by atoms with Crippen molar-refractivity contribution < 1.29 is 18.8 Å². The van der Waals surface area contributed by atoms with Gasteiger partial charge in [-0.05, 0) is 44.2 Å². The van der Waals surface area contributed by atoms with Gasteiger partial charge < -0.3 is 14.8 Å². The van der Waals surface area contributed by atoms with Gasteiger partial charge in [-0.25, -0.2) is 4.79 Å². The molecule has 2 heterocycles. The third kappa shape index (κ3) is 4.27. The Morgan fingerprint density at radius 1 is 1.37 bits per heavy atom. The Morgan fingerprint density at radius 2 is 2.23 bits per heavy atom. The van der Waals surface area contributed by atoms with Crippen molar-refractivity contribution >= 4 is 17.7 Å². The molecule has 0 saturated carbocycles. The van der Waals surface area contributed by atoms with Crippen LogP contribution in [-0.2, 0) is 11.2 Å². The Labute approximate surface area is 172 Å². The number of fused-ring (bicyclic) bond motifs is 1. The maximum absolute atomic E-state index is 12.4. The number of H-pyrrole nitrogens is 1. The number of benzene rings is 2. The molecule has 0 radical (unpaired) electrons. The van der Waals surface area contributed by atoms with Gasteiger partial charge in [-0.3, -0.25) is 14.3 Å². The molecule has 2 aromatic carbocycles. The van der Waals surface area contributed by atoms with Gasteiger partial charge in [0, 0.05) is 34.9 Å². The minimum Gasteiger partial charge on any atom is -0.493 e. The summed E-state index contributed by atoms with van der Waals surface area (Å²) in [6.07, 6.45) is 4.11. The van der Waals surface area contributed by atoms with Crippen molar-refractivity contribution in [2.24, 2.45) is 0 Å². The highest BCUT2D eigenvalue weighted by molar-refractivity contribution is 6.02. The van der Waals surface area contributed by atoms with E-state index in [9.17, 15) is 9.59 Å². The van der Waals surface area contributed by atoms with E-state index in [0.29, 0.717) is 23.7 Å². The molecule has 30 heavy (non-hydrogen) atoms. The largest absolute Gasteiger partial charge is 0.493 e. The number of rotatable bonds is 6. The molecule has 1 aromatic heterocycles. The molecule has 0 bridgehead atoms. The highest BCUT2D eigenvalue weighted by Crippen LogP contribution is 2.35. The molecule has 0 fully saturated rings. The van der Waals surface area contributed by atoms with E-state index in [-0.39, 0.29) is 12.0 Å². The Morgan fingerprint density at radius 3 is 3.00 bits per heavy atom. The number of aromatic amines is 1. The first-order valence-corrected chi connectivity index (χ1v) is 9.63. The van der Waals surface area contributed by atoms with Crippen LogP contribution in [0.5, 0.6) is 11.5 Å². The van der Waals surface area contributed by atoms with Crippen LogP contribution in [0.2, 0.25) is 0 Å². The van der Waals surface area contributed by atoms with Crippen molar-refractivity contribution in [2.75, 3.05) is 11.9 Å². The van der Waals surface area contributed by atoms with Crippen LogP contribution in [-0.4, -0.2) is 28.8 Å². The maximum atomic E-state index is 12.4. The summed E-state index contributed by atoms with van der Waals surface area (Å²) in [6.45, 7) is 4.47. The smallest absolute Gasteiger partial charge is 0.439 e. The first-order valence-electron chi connectivity index (χ1n) is 9.63. The third-order valence-electron chi connectivity index (χ3n) is 4.59. The lowest BCUT2D eigenvalue weighted by Gasteiger charge is -2.10. The van der Waals surface area contributed by atoms with Gasteiger partial charge >= 0.3 is 5.76 Å². The lowest BCUT2D eigenvalue weighted by atomic mass is 10.1. The summed E-state index contributed by atoms with van der Waals surface area (Å²) in [6, 6.07) is 10.8. The number of hydrogen-bond acceptors (Lipinski definition) is 6. The van der Waals surface area contributed by atoms with Crippen LogP contribution in [0.15, 0.2) is 51.8 Å². The number of anilines is 1. The zero-order valence-corrected chi connectivity index (χ0v) is 16.6. The fourth-order valence-electron chi connectivity index (χ4n) is 3.31. The molecule has 1 atom stereocenters. The number of nitrogens with zero attached hydrogens (tertiary/aromatic N) is 1.